The maximum absolute atomic E-state index is 12.6. The van der Waals surface area contributed by atoms with Crippen LogP contribution in [0, 0.1) is 6.92 Å². The van der Waals surface area contributed by atoms with Gasteiger partial charge in [0.1, 0.15) is 6.04 Å². The number of carbonyl (C=O) groups is 3. The van der Waals surface area contributed by atoms with Crippen LogP contribution in [0.4, 0.5) is 0 Å². The standard InChI is InChI=1S/C19H26N2O6/c1-4-9-26-18(23)11-14-19(24)20-7-8-21(14)17(22)12-27-15-6-5-13(2)10-16(15)25-3/h5-6,10,14H,4,7-9,11-12H2,1-3H3,(H,20,24). The van der Waals surface area contributed by atoms with Crippen molar-refractivity contribution in [2.24, 2.45) is 0 Å². The number of hydrogen-bond donors (Lipinski definition) is 1. The minimum Gasteiger partial charge on any atom is -0.493 e. The largest absolute Gasteiger partial charge is 0.493 e. The fourth-order valence-electron chi connectivity index (χ4n) is 2.77. The highest BCUT2D eigenvalue weighted by Gasteiger charge is 2.35. The quantitative estimate of drug-likeness (QED) is 0.680. The molecule has 1 aromatic carbocycles. The van der Waals surface area contributed by atoms with Crippen LogP contribution < -0.4 is 14.8 Å². The van der Waals surface area contributed by atoms with Gasteiger partial charge in [-0.15, -0.1) is 0 Å². The molecule has 2 rings (SSSR count). The Morgan fingerprint density at radius 1 is 1.30 bits per heavy atom. The lowest BCUT2D eigenvalue weighted by molar-refractivity contribution is -0.152. The van der Waals surface area contributed by atoms with E-state index in [0.717, 1.165) is 5.56 Å². The van der Waals surface area contributed by atoms with Gasteiger partial charge in [-0.3, -0.25) is 14.4 Å². The number of amides is 2. The van der Waals surface area contributed by atoms with E-state index in [4.69, 9.17) is 14.2 Å². The zero-order valence-electron chi connectivity index (χ0n) is 15.9. The molecule has 1 fully saturated rings. The molecule has 1 aliphatic heterocycles. The number of rotatable bonds is 8. The molecule has 148 valence electrons. The summed E-state index contributed by atoms with van der Waals surface area (Å²) < 4.78 is 15.9. The third kappa shape index (κ3) is 5.60. The molecule has 1 heterocycles. The summed E-state index contributed by atoms with van der Waals surface area (Å²) in [6, 6.07) is 4.49. The fraction of sp³-hybridized carbons (Fsp3) is 0.526. The first-order valence-electron chi connectivity index (χ1n) is 8.96. The highest BCUT2D eigenvalue weighted by Crippen LogP contribution is 2.27. The molecule has 2 amide bonds. The summed E-state index contributed by atoms with van der Waals surface area (Å²) in [5.41, 5.74) is 1.00. The minimum absolute atomic E-state index is 0.175. The zero-order valence-corrected chi connectivity index (χ0v) is 15.9. The second-order valence-electron chi connectivity index (χ2n) is 6.26. The highest BCUT2D eigenvalue weighted by atomic mass is 16.5. The van der Waals surface area contributed by atoms with Gasteiger partial charge in [0, 0.05) is 13.1 Å². The molecule has 27 heavy (non-hydrogen) atoms. The van der Waals surface area contributed by atoms with Crippen LogP contribution in [0.25, 0.3) is 0 Å². The average Bonchev–Trinajstić information content (AvgIpc) is 2.66. The molecule has 1 N–H and O–H groups in total. The van der Waals surface area contributed by atoms with Crippen molar-refractivity contribution in [3.8, 4) is 11.5 Å². The minimum atomic E-state index is -0.890. The summed E-state index contributed by atoms with van der Waals surface area (Å²) in [5, 5.41) is 2.68. The van der Waals surface area contributed by atoms with Gasteiger partial charge in [0.25, 0.3) is 5.91 Å². The summed E-state index contributed by atoms with van der Waals surface area (Å²) >= 11 is 0. The molecule has 0 radical (unpaired) electrons. The van der Waals surface area contributed by atoms with E-state index in [1.165, 1.54) is 12.0 Å². The Morgan fingerprint density at radius 2 is 2.07 bits per heavy atom. The maximum Gasteiger partial charge on any atom is 0.308 e. The second kappa shape index (κ2) is 9.80. The van der Waals surface area contributed by atoms with E-state index in [0.29, 0.717) is 31.0 Å². The van der Waals surface area contributed by atoms with Gasteiger partial charge in [0.2, 0.25) is 5.91 Å². The molecule has 0 bridgehead atoms. The van der Waals surface area contributed by atoms with Gasteiger partial charge in [0.05, 0.1) is 20.1 Å². The van der Waals surface area contributed by atoms with Crippen molar-refractivity contribution in [1.29, 1.82) is 0 Å². The van der Waals surface area contributed by atoms with Crippen molar-refractivity contribution in [1.82, 2.24) is 10.2 Å². The SMILES string of the molecule is CCCOC(=O)CC1C(=O)NCCN1C(=O)COc1ccc(C)cc1OC. The lowest BCUT2D eigenvalue weighted by atomic mass is 10.1. The van der Waals surface area contributed by atoms with E-state index in [9.17, 15) is 14.4 Å². The number of methoxy groups -OCH3 is 1. The van der Waals surface area contributed by atoms with Crippen molar-refractivity contribution in [2.75, 3.05) is 33.4 Å². The number of nitrogens with one attached hydrogen (secondary N) is 1. The van der Waals surface area contributed by atoms with E-state index < -0.39 is 12.0 Å². The zero-order chi connectivity index (χ0) is 19.8. The van der Waals surface area contributed by atoms with Gasteiger partial charge in [-0.05, 0) is 31.0 Å². The van der Waals surface area contributed by atoms with Crippen molar-refractivity contribution < 1.29 is 28.6 Å². The van der Waals surface area contributed by atoms with E-state index in [1.54, 1.807) is 12.1 Å². The van der Waals surface area contributed by atoms with Crippen molar-refractivity contribution >= 4 is 17.8 Å². The smallest absolute Gasteiger partial charge is 0.308 e. The van der Waals surface area contributed by atoms with Crippen molar-refractivity contribution in [3.63, 3.8) is 0 Å². The molecule has 0 spiro atoms. The number of esters is 1. The molecule has 8 nitrogen and oxygen atoms in total. The molecule has 1 unspecified atom stereocenters. The third-order valence-corrected chi connectivity index (χ3v) is 4.15. The lowest BCUT2D eigenvalue weighted by Gasteiger charge is -2.34. The molecule has 0 aliphatic carbocycles. The molecule has 1 saturated heterocycles. The van der Waals surface area contributed by atoms with E-state index in [-0.39, 0.29) is 31.4 Å². The molecule has 8 heteroatoms. The van der Waals surface area contributed by atoms with Crippen LogP contribution in [-0.4, -0.2) is 62.1 Å². The highest BCUT2D eigenvalue weighted by molar-refractivity contribution is 5.92. The summed E-state index contributed by atoms with van der Waals surface area (Å²) in [7, 11) is 1.52. The number of benzene rings is 1. The molecule has 1 aliphatic rings. The van der Waals surface area contributed by atoms with Crippen molar-refractivity contribution in [2.45, 2.75) is 32.7 Å². The molecule has 0 saturated carbocycles. The van der Waals surface area contributed by atoms with Crippen LogP contribution in [0.5, 0.6) is 11.5 Å². The Labute approximate surface area is 158 Å². The van der Waals surface area contributed by atoms with Gasteiger partial charge in [-0.25, -0.2) is 0 Å². The molecule has 1 aromatic rings. The number of piperazine rings is 1. The number of nitrogens with zero attached hydrogens (tertiary/aromatic N) is 1. The number of hydrogen-bond acceptors (Lipinski definition) is 6. The Morgan fingerprint density at radius 3 is 2.78 bits per heavy atom. The maximum atomic E-state index is 12.6. The molecule has 0 aromatic heterocycles. The van der Waals surface area contributed by atoms with Gasteiger partial charge >= 0.3 is 5.97 Å². The van der Waals surface area contributed by atoms with Crippen molar-refractivity contribution in [3.05, 3.63) is 23.8 Å². The monoisotopic (exact) mass is 378 g/mol. The summed E-state index contributed by atoms with van der Waals surface area (Å²) in [6.07, 6.45) is 0.517. The van der Waals surface area contributed by atoms with Crippen LogP contribution in [0.15, 0.2) is 18.2 Å². The normalized spacial score (nSPS) is 16.5. The Kier molecular flexibility index (Phi) is 7.45. The predicted molar refractivity (Wildman–Crippen MR) is 97.6 cm³/mol. The third-order valence-electron chi connectivity index (χ3n) is 4.15. The number of aryl methyl sites for hydroxylation is 1. The van der Waals surface area contributed by atoms with Crippen LogP contribution in [0.3, 0.4) is 0 Å². The van der Waals surface area contributed by atoms with Gasteiger partial charge < -0.3 is 24.4 Å². The molecule has 1 atom stereocenters. The first-order chi connectivity index (χ1) is 13.0. The first kappa shape index (κ1) is 20.5. The van der Waals surface area contributed by atoms with Crippen LogP contribution >= 0.6 is 0 Å². The molecular weight excluding hydrogens is 352 g/mol. The Hall–Kier alpha value is -2.77. The van der Waals surface area contributed by atoms with Gasteiger partial charge in [0.15, 0.2) is 18.1 Å². The lowest BCUT2D eigenvalue weighted by Crippen LogP contribution is -2.58. The molecular formula is C19H26N2O6. The average molecular weight is 378 g/mol. The van der Waals surface area contributed by atoms with E-state index in [1.807, 2.05) is 19.9 Å². The summed E-state index contributed by atoms with van der Waals surface area (Å²) in [6.45, 7) is 4.48. The summed E-state index contributed by atoms with van der Waals surface area (Å²) in [4.78, 5) is 38.0. The van der Waals surface area contributed by atoms with E-state index >= 15 is 0 Å². The van der Waals surface area contributed by atoms with Crippen LogP contribution in [0.2, 0.25) is 0 Å². The van der Waals surface area contributed by atoms with Gasteiger partial charge in [-0.1, -0.05) is 13.0 Å². The summed E-state index contributed by atoms with van der Waals surface area (Å²) in [5.74, 6) is -0.273. The predicted octanol–water partition coefficient (Wildman–Crippen LogP) is 1.05. The topological polar surface area (TPSA) is 94.2 Å². The van der Waals surface area contributed by atoms with E-state index in [2.05, 4.69) is 5.32 Å². The Bertz CT molecular complexity index is 691. The number of carbonyl (C=O) groups excluding carboxylic acids is 3. The fourth-order valence-corrected chi connectivity index (χ4v) is 2.77. The first-order valence-corrected chi connectivity index (χ1v) is 8.96. The van der Waals surface area contributed by atoms with Crippen LogP contribution in [-0.2, 0) is 19.1 Å². The number of ether oxygens (including phenoxy) is 3. The Balaban J connectivity index is 2.01. The van der Waals surface area contributed by atoms with Gasteiger partial charge in [-0.2, -0.15) is 0 Å². The van der Waals surface area contributed by atoms with Crippen LogP contribution in [0.1, 0.15) is 25.3 Å². The second-order valence-corrected chi connectivity index (χ2v) is 6.26.